The van der Waals surface area contributed by atoms with Crippen molar-refractivity contribution in [2.45, 2.75) is 6.42 Å². The molecule has 0 radical (unpaired) electrons. The minimum absolute atomic E-state index is 0.941. The topological polar surface area (TPSA) is 37.8 Å². The molecule has 0 aliphatic carbocycles. The van der Waals surface area contributed by atoms with Gasteiger partial charge in [-0.1, -0.05) is 29.5 Å². The van der Waals surface area contributed by atoms with Gasteiger partial charge in [-0.05, 0) is 13.1 Å². The number of fused-ring (bicyclic) bond motifs is 1. The van der Waals surface area contributed by atoms with Crippen molar-refractivity contribution in [1.82, 2.24) is 15.5 Å². The van der Waals surface area contributed by atoms with E-state index in [0.717, 1.165) is 23.0 Å². The van der Waals surface area contributed by atoms with Crippen molar-refractivity contribution in [3.05, 3.63) is 34.7 Å². The Hall–Kier alpha value is -1.30. The number of hydrogen-bond donors (Lipinski definition) is 1. The van der Waals surface area contributed by atoms with E-state index in [2.05, 4.69) is 45.2 Å². The second-order valence-electron chi connectivity index (χ2n) is 4.00. The lowest BCUT2D eigenvalue weighted by molar-refractivity contribution is 0.779. The summed E-state index contributed by atoms with van der Waals surface area (Å²) in [4.78, 5) is 0. The molecule has 0 fully saturated rings. The highest BCUT2D eigenvalue weighted by atomic mass is 32.1. The van der Waals surface area contributed by atoms with Crippen LogP contribution in [0.5, 0.6) is 0 Å². The Morgan fingerprint density at radius 3 is 3.00 bits per heavy atom. The first-order chi connectivity index (χ1) is 8.88. The molecule has 92 valence electrons. The fourth-order valence-electron chi connectivity index (χ4n) is 1.84. The second-order valence-corrected chi connectivity index (χ2v) is 5.97. The molecular weight excluding hydrogens is 262 g/mol. The Bertz CT molecular complexity index is 657. The first-order valence-corrected chi connectivity index (χ1v) is 7.51. The van der Waals surface area contributed by atoms with E-state index in [1.54, 1.807) is 22.7 Å². The Balaban J connectivity index is 1.96. The highest BCUT2D eigenvalue weighted by molar-refractivity contribution is 7.19. The maximum Gasteiger partial charge on any atom is 0.149 e. The smallest absolute Gasteiger partial charge is 0.149 e. The van der Waals surface area contributed by atoms with Crippen molar-refractivity contribution < 1.29 is 0 Å². The van der Waals surface area contributed by atoms with Gasteiger partial charge in [0.2, 0.25) is 0 Å². The van der Waals surface area contributed by atoms with Crippen molar-refractivity contribution in [3.63, 3.8) is 0 Å². The highest BCUT2D eigenvalue weighted by Gasteiger charge is 2.11. The molecule has 2 aromatic heterocycles. The van der Waals surface area contributed by atoms with E-state index in [4.69, 9.17) is 0 Å². The van der Waals surface area contributed by atoms with Crippen molar-refractivity contribution in [2.24, 2.45) is 0 Å². The maximum atomic E-state index is 4.31. The minimum Gasteiger partial charge on any atom is -0.319 e. The summed E-state index contributed by atoms with van der Waals surface area (Å²) in [6.07, 6.45) is 0.941. The van der Waals surface area contributed by atoms with Gasteiger partial charge in [0.25, 0.3) is 0 Å². The van der Waals surface area contributed by atoms with Gasteiger partial charge in [-0.15, -0.1) is 21.5 Å². The fourth-order valence-corrected chi connectivity index (χ4v) is 3.73. The van der Waals surface area contributed by atoms with Gasteiger partial charge in [-0.3, -0.25) is 0 Å². The van der Waals surface area contributed by atoms with Crippen LogP contribution in [-0.4, -0.2) is 23.8 Å². The summed E-state index contributed by atoms with van der Waals surface area (Å²) in [7, 11) is 1.95. The van der Waals surface area contributed by atoms with E-state index < -0.39 is 0 Å². The third kappa shape index (κ3) is 2.16. The molecule has 1 aromatic carbocycles. The van der Waals surface area contributed by atoms with Gasteiger partial charge in [-0.25, -0.2) is 0 Å². The predicted octanol–water partition coefficient (Wildman–Crippen LogP) is 3.18. The van der Waals surface area contributed by atoms with Crippen molar-refractivity contribution in [1.29, 1.82) is 0 Å². The maximum absolute atomic E-state index is 4.31. The molecule has 0 amide bonds. The Kier molecular flexibility index (Phi) is 3.36. The van der Waals surface area contributed by atoms with Crippen LogP contribution in [0.4, 0.5) is 0 Å². The molecule has 0 saturated carbocycles. The van der Waals surface area contributed by atoms with Crippen molar-refractivity contribution in [2.75, 3.05) is 13.6 Å². The van der Waals surface area contributed by atoms with Crippen LogP contribution in [-0.2, 0) is 6.42 Å². The van der Waals surface area contributed by atoms with Crippen LogP contribution in [0.25, 0.3) is 20.7 Å². The zero-order valence-electron chi connectivity index (χ0n) is 10.0. The van der Waals surface area contributed by atoms with Crippen molar-refractivity contribution >= 4 is 32.8 Å². The Morgan fingerprint density at radius 1 is 1.22 bits per heavy atom. The van der Waals surface area contributed by atoms with Gasteiger partial charge in [0.15, 0.2) is 0 Å². The van der Waals surface area contributed by atoms with E-state index in [1.165, 1.54) is 15.6 Å². The molecule has 0 spiro atoms. The van der Waals surface area contributed by atoms with E-state index >= 15 is 0 Å². The number of likely N-dealkylation sites (N-methyl/N-ethyl adjacent to an activating group) is 1. The molecule has 3 rings (SSSR count). The molecule has 3 aromatic rings. The monoisotopic (exact) mass is 275 g/mol. The van der Waals surface area contributed by atoms with E-state index in [9.17, 15) is 0 Å². The van der Waals surface area contributed by atoms with Gasteiger partial charge < -0.3 is 5.32 Å². The lowest BCUT2D eigenvalue weighted by Crippen LogP contribution is -2.09. The molecule has 1 N–H and O–H groups in total. The largest absolute Gasteiger partial charge is 0.319 e. The zero-order valence-corrected chi connectivity index (χ0v) is 11.6. The summed E-state index contributed by atoms with van der Waals surface area (Å²) >= 11 is 3.45. The number of rotatable bonds is 4. The van der Waals surface area contributed by atoms with Crippen LogP contribution >= 0.6 is 22.7 Å². The number of hydrogen-bond acceptors (Lipinski definition) is 5. The standard InChI is InChI=1S/C13H13N3S2/c1-14-7-6-12-15-16-13(18-12)10-8-17-11-5-3-2-4-9(10)11/h2-5,8,14H,6-7H2,1H3. The first-order valence-electron chi connectivity index (χ1n) is 5.82. The number of benzene rings is 1. The Labute approximate surface area is 114 Å². The van der Waals surface area contributed by atoms with Gasteiger partial charge in [0, 0.05) is 34.0 Å². The number of thiophene rings is 1. The summed E-state index contributed by atoms with van der Waals surface area (Å²) < 4.78 is 1.31. The summed E-state index contributed by atoms with van der Waals surface area (Å²) in [5, 5.41) is 17.3. The third-order valence-electron chi connectivity index (χ3n) is 2.77. The molecule has 0 saturated heterocycles. The third-order valence-corrected chi connectivity index (χ3v) is 4.75. The molecule has 3 nitrogen and oxygen atoms in total. The van der Waals surface area contributed by atoms with E-state index in [0.29, 0.717) is 0 Å². The van der Waals surface area contributed by atoms with Gasteiger partial charge in [0.1, 0.15) is 10.0 Å². The van der Waals surface area contributed by atoms with E-state index in [-0.39, 0.29) is 0 Å². The van der Waals surface area contributed by atoms with Gasteiger partial charge in [-0.2, -0.15) is 0 Å². The van der Waals surface area contributed by atoms with Crippen LogP contribution in [0.2, 0.25) is 0 Å². The Morgan fingerprint density at radius 2 is 2.11 bits per heavy atom. The van der Waals surface area contributed by atoms with Crippen LogP contribution in [0.3, 0.4) is 0 Å². The number of aromatic nitrogens is 2. The minimum atomic E-state index is 0.941. The molecule has 18 heavy (non-hydrogen) atoms. The zero-order chi connectivity index (χ0) is 12.4. The molecule has 0 aliphatic rings. The summed E-state index contributed by atoms with van der Waals surface area (Å²) in [5.74, 6) is 0. The number of nitrogens with one attached hydrogen (secondary N) is 1. The van der Waals surface area contributed by atoms with Gasteiger partial charge >= 0.3 is 0 Å². The molecule has 0 unspecified atom stereocenters. The van der Waals surface area contributed by atoms with Crippen LogP contribution in [0.15, 0.2) is 29.6 Å². The van der Waals surface area contributed by atoms with Crippen LogP contribution in [0.1, 0.15) is 5.01 Å². The average Bonchev–Trinajstić information content (AvgIpc) is 3.02. The summed E-state index contributed by atoms with van der Waals surface area (Å²) in [6.45, 7) is 0.943. The molecule has 2 heterocycles. The SMILES string of the molecule is CNCCc1nnc(-c2csc3ccccc23)s1. The number of nitrogens with zero attached hydrogens (tertiary/aromatic N) is 2. The predicted molar refractivity (Wildman–Crippen MR) is 78.4 cm³/mol. The highest BCUT2D eigenvalue weighted by Crippen LogP contribution is 2.35. The quantitative estimate of drug-likeness (QED) is 0.794. The van der Waals surface area contributed by atoms with Crippen LogP contribution in [0, 0.1) is 0 Å². The molecule has 0 atom stereocenters. The van der Waals surface area contributed by atoms with Crippen molar-refractivity contribution in [3.8, 4) is 10.6 Å². The van der Waals surface area contributed by atoms with Crippen LogP contribution < -0.4 is 5.32 Å². The molecule has 5 heteroatoms. The summed E-state index contributed by atoms with van der Waals surface area (Å²) in [6, 6.07) is 8.44. The average molecular weight is 275 g/mol. The fraction of sp³-hybridized carbons (Fsp3) is 0.231. The van der Waals surface area contributed by atoms with Gasteiger partial charge in [0.05, 0.1) is 0 Å². The normalized spacial score (nSPS) is 11.2. The molecule has 0 aliphatic heterocycles. The van der Waals surface area contributed by atoms with E-state index in [1.807, 2.05) is 7.05 Å². The second kappa shape index (κ2) is 5.14. The summed E-state index contributed by atoms with van der Waals surface area (Å²) in [5.41, 5.74) is 1.21. The molecule has 0 bridgehead atoms. The first kappa shape index (κ1) is 11.8. The lowest BCUT2D eigenvalue weighted by Gasteiger charge is -1.93. The lowest BCUT2D eigenvalue weighted by atomic mass is 10.2. The molecular formula is C13H13N3S2.